The van der Waals surface area contributed by atoms with Gasteiger partial charge in [-0.15, -0.1) is 0 Å². The molecule has 2 N–H and O–H groups in total. The summed E-state index contributed by atoms with van der Waals surface area (Å²) in [6, 6.07) is 17.3. The summed E-state index contributed by atoms with van der Waals surface area (Å²) >= 11 is 0. The van der Waals surface area contributed by atoms with Crippen LogP contribution in [-0.2, 0) is 0 Å². The fourth-order valence-corrected chi connectivity index (χ4v) is 4.19. The van der Waals surface area contributed by atoms with Gasteiger partial charge < -0.3 is 10.3 Å². The SMILES string of the molecule is c1ccc(-c2ccc(-c3cnc4[nH]ccc4c3NC3CCCCC3)cc2)nc1. The number of aromatic amines is 1. The molecule has 1 aliphatic carbocycles. The molecule has 0 saturated heterocycles. The average Bonchev–Trinajstić information content (AvgIpc) is 3.25. The van der Waals surface area contributed by atoms with Gasteiger partial charge in [0.15, 0.2) is 0 Å². The first-order chi connectivity index (χ1) is 13.9. The van der Waals surface area contributed by atoms with Crippen molar-refractivity contribution >= 4 is 16.7 Å². The van der Waals surface area contributed by atoms with Crippen molar-refractivity contribution in [3.8, 4) is 22.4 Å². The second-order valence-corrected chi connectivity index (χ2v) is 7.56. The number of rotatable bonds is 4. The van der Waals surface area contributed by atoms with E-state index in [-0.39, 0.29) is 0 Å². The third-order valence-corrected chi connectivity index (χ3v) is 5.70. The van der Waals surface area contributed by atoms with Crippen LogP contribution in [0, 0.1) is 0 Å². The molecule has 4 heteroatoms. The van der Waals surface area contributed by atoms with Crippen LogP contribution in [0.25, 0.3) is 33.4 Å². The lowest BCUT2D eigenvalue weighted by Gasteiger charge is -2.25. The molecule has 4 aromatic rings. The molecular formula is C24H24N4. The van der Waals surface area contributed by atoms with Gasteiger partial charge in [-0.2, -0.15) is 0 Å². The fourth-order valence-electron chi connectivity index (χ4n) is 4.19. The van der Waals surface area contributed by atoms with Crippen molar-refractivity contribution in [3.05, 3.63) is 67.1 Å². The quantitative estimate of drug-likeness (QED) is 0.462. The highest BCUT2D eigenvalue weighted by atomic mass is 14.9. The average molecular weight is 368 g/mol. The predicted molar refractivity (Wildman–Crippen MR) is 115 cm³/mol. The van der Waals surface area contributed by atoms with Crippen molar-refractivity contribution in [2.75, 3.05) is 5.32 Å². The molecule has 0 bridgehead atoms. The zero-order valence-corrected chi connectivity index (χ0v) is 15.9. The maximum Gasteiger partial charge on any atom is 0.139 e. The molecule has 1 aromatic carbocycles. The van der Waals surface area contributed by atoms with Crippen LogP contribution in [0.2, 0.25) is 0 Å². The lowest BCUT2D eigenvalue weighted by Crippen LogP contribution is -2.22. The Hall–Kier alpha value is -3.14. The summed E-state index contributed by atoms with van der Waals surface area (Å²) in [5.41, 5.74) is 6.59. The van der Waals surface area contributed by atoms with E-state index < -0.39 is 0 Å². The van der Waals surface area contributed by atoms with E-state index in [1.165, 1.54) is 43.4 Å². The van der Waals surface area contributed by atoms with Gasteiger partial charge in [0, 0.05) is 41.1 Å². The second kappa shape index (κ2) is 7.47. The third kappa shape index (κ3) is 3.26. The van der Waals surface area contributed by atoms with E-state index in [0.29, 0.717) is 6.04 Å². The Morgan fingerprint density at radius 3 is 2.46 bits per heavy atom. The molecule has 5 rings (SSSR count). The van der Waals surface area contributed by atoms with Crippen LogP contribution in [0.5, 0.6) is 0 Å². The van der Waals surface area contributed by atoms with Gasteiger partial charge in [-0.25, -0.2) is 4.98 Å². The number of pyridine rings is 2. The molecular weight excluding hydrogens is 344 g/mol. The number of benzene rings is 1. The standard InChI is InChI=1S/C24H24N4/c1-2-6-19(7-3-1)28-23-20-13-15-26-24(20)27-16-21(23)17-9-11-18(12-10-17)22-8-4-5-14-25-22/h4-5,8-16,19H,1-3,6-7H2,(H2,26,27,28). The van der Waals surface area contributed by atoms with Crippen molar-refractivity contribution in [2.45, 2.75) is 38.1 Å². The summed E-state index contributed by atoms with van der Waals surface area (Å²) in [4.78, 5) is 12.3. The van der Waals surface area contributed by atoms with Crippen molar-refractivity contribution in [2.24, 2.45) is 0 Å². The van der Waals surface area contributed by atoms with E-state index in [0.717, 1.165) is 27.9 Å². The summed E-state index contributed by atoms with van der Waals surface area (Å²) < 4.78 is 0. The lowest BCUT2D eigenvalue weighted by molar-refractivity contribution is 0.463. The molecule has 1 saturated carbocycles. The van der Waals surface area contributed by atoms with Crippen LogP contribution in [0.3, 0.4) is 0 Å². The van der Waals surface area contributed by atoms with E-state index in [1.54, 1.807) is 0 Å². The fraction of sp³-hybridized carbons (Fsp3) is 0.250. The third-order valence-electron chi connectivity index (χ3n) is 5.70. The molecule has 0 spiro atoms. The minimum absolute atomic E-state index is 0.542. The Morgan fingerprint density at radius 1 is 0.857 bits per heavy atom. The highest BCUT2D eigenvalue weighted by molar-refractivity contribution is 5.98. The molecule has 1 fully saturated rings. The maximum atomic E-state index is 4.64. The van der Waals surface area contributed by atoms with Crippen LogP contribution >= 0.6 is 0 Å². The van der Waals surface area contributed by atoms with Gasteiger partial charge in [-0.3, -0.25) is 4.98 Å². The van der Waals surface area contributed by atoms with Gasteiger partial charge in [0.2, 0.25) is 0 Å². The van der Waals surface area contributed by atoms with Crippen molar-refractivity contribution in [1.82, 2.24) is 15.0 Å². The van der Waals surface area contributed by atoms with E-state index in [4.69, 9.17) is 0 Å². The van der Waals surface area contributed by atoms with Gasteiger partial charge in [0.25, 0.3) is 0 Å². The highest BCUT2D eigenvalue weighted by Crippen LogP contribution is 2.36. The van der Waals surface area contributed by atoms with Gasteiger partial charge >= 0.3 is 0 Å². The molecule has 0 radical (unpaired) electrons. The Balaban J connectivity index is 1.53. The van der Waals surface area contributed by atoms with Crippen LogP contribution in [-0.4, -0.2) is 21.0 Å². The van der Waals surface area contributed by atoms with Gasteiger partial charge in [0.05, 0.1) is 11.4 Å². The summed E-state index contributed by atoms with van der Waals surface area (Å²) in [6.45, 7) is 0. The van der Waals surface area contributed by atoms with Gasteiger partial charge in [0.1, 0.15) is 5.65 Å². The number of anilines is 1. The molecule has 0 aliphatic heterocycles. The van der Waals surface area contributed by atoms with Gasteiger partial charge in [-0.05, 0) is 36.6 Å². The minimum Gasteiger partial charge on any atom is -0.381 e. The summed E-state index contributed by atoms with van der Waals surface area (Å²) in [5.74, 6) is 0. The number of hydrogen-bond donors (Lipinski definition) is 2. The van der Waals surface area contributed by atoms with Crippen LogP contribution in [0.4, 0.5) is 5.69 Å². The summed E-state index contributed by atoms with van der Waals surface area (Å²) in [7, 11) is 0. The minimum atomic E-state index is 0.542. The Kier molecular flexibility index (Phi) is 4.53. The van der Waals surface area contributed by atoms with E-state index in [2.05, 4.69) is 50.6 Å². The molecule has 140 valence electrons. The topological polar surface area (TPSA) is 53.6 Å². The highest BCUT2D eigenvalue weighted by Gasteiger charge is 2.18. The zero-order chi connectivity index (χ0) is 18.8. The van der Waals surface area contributed by atoms with Crippen LogP contribution in [0.1, 0.15) is 32.1 Å². The zero-order valence-electron chi connectivity index (χ0n) is 15.9. The lowest BCUT2D eigenvalue weighted by atomic mass is 9.94. The smallest absolute Gasteiger partial charge is 0.139 e. The summed E-state index contributed by atoms with van der Waals surface area (Å²) in [6.07, 6.45) is 12.3. The molecule has 0 atom stereocenters. The van der Waals surface area contributed by atoms with E-state index in [1.807, 2.05) is 36.8 Å². The first-order valence-corrected chi connectivity index (χ1v) is 10.1. The van der Waals surface area contributed by atoms with E-state index in [9.17, 15) is 0 Å². The Labute approximate surface area is 165 Å². The van der Waals surface area contributed by atoms with Crippen molar-refractivity contribution in [3.63, 3.8) is 0 Å². The Morgan fingerprint density at radius 2 is 1.68 bits per heavy atom. The van der Waals surface area contributed by atoms with Crippen LogP contribution in [0.15, 0.2) is 67.1 Å². The Bertz CT molecular complexity index is 1060. The number of aromatic nitrogens is 3. The molecule has 3 heterocycles. The number of hydrogen-bond acceptors (Lipinski definition) is 3. The number of nitrogens with one attached hydrogen (secondary N) is 2. The molecule has 28 heavy (non-hydrogen) atoms. The largest absolute Gasteiger partial charge is 0.381 e. The normalized spacial score (nSPS) is 15.0. The van der Waals surface area contributed by atoms with Crippen molar-refractivity contribution < 1.29 is 0 Å². The first-order valence-electron chi connectivity index (χ1n) is 10.1. The van der Waals surface area contributed by atoms with E-state index >= 15 is 0 Å². The molecule has 0 unspecified atom stereocenters. The maximum absolute atomic E-state index is 4.64. The van der Waals surface area contributed by atoms with Crippen molar-refractivity contribution in [1.29, 1.82) is 0 Å². The first kappa shape index (κ1) is 17.0. The molecule has 0 amide bonds. The number of nitrogens with zero attached hydrogens (tertiary/aromatic N) is 2. The van der Waals surface area contributed by atoms with Crippen LogP contribution < -0.4 is 5.32 Å². The number of H-pyrrole nitrogens is 1. The van der Waals surface area contributed by atoms with Gasteiger partial charge in [-0.1, -0.05) is 49.6 Å². The second-order valence-electron chi connectivity index (χ2n) is 7.56. The molecule has 1 aliphatic rings. The monoisotopic (exact) mass is 368 g/mol. The summed E-state index contributed by atoms with van der Waals surface area (Å²) in [5, 5.41) is 5.01. The molecule has 4 nitrogen and oxygen atoms in total. The molecule has 3 aromatic heterocycles. The predicted octanol–water partition coefficient (Wildman–Crippen LogP) is 6.04. The number of fused-ring (bicyclic) bond motifs is 1.